The second kappa shape index (κ2) is 37.3. The molecule has 0 aliphatic heterocycles. The van der Waals surface area contributed by atoms with Crippen molar-refractivity contribution in [2.75, 3.05) is 0 Å². The molecule has 0 radical (unpaired) electrons. The Balaban J connectivity index is 0.000000114. The van der Waals surface area contributed by atoms with Gasteiger partial charge in [0.25, 0.3) is 0 Å². The minimum absolute atomic E-state index is 1.02. The molecule has 120 heavy (non-hydrogen) atoms. The zero-order chi connectivity index (χ0) is 80.7. The van der Waals surface area contributed by atoms with Crippen LogP contribution >= 0.6 is 0 Å². The van der Waals surface area contributed by atoms with Gasteiger partial charge in [-0.2, -0.15) is 0 Å². The number of benzene rings is 20. The van der Waals surface area contributed by atoms with Crippen molar-refractivity contribution in [2.24, 2.45) is 0 Å². The van der Waals surface area contributed by atoms with Gasteiger partial charge in [-0.1, -0.05) is 337 Å². The van der Waals surface area contributed by atoms with Crippen molar-refractivity contribution in [2.45, 2.75) is 0 Å². The molecule has 552 valence electrons. The molecule has 0 aliphatic rings. The molecule has 0 atom stereocenters. The summed E-state index contributed by atoms with van der Waals surface area (Å²) < 4.78 is 0. The average molecular weight is 1510 g/mol. The molecule has 0 heterocycles. The van der Waals surface area contributed by atoms with Gasteiger partial charge in [-0.3, -0.25) is 0 Å². The molecule has 20 aromatic carbocycles. The van der Waals surface area contributed by atoms with Crippen LogP contribution in [-0.4, -0.2) is 0 Å². The van der Waals surface area contributed by atoms with E-state index in [1.165, 1.54) is 43.1 Å². The standard InChI is InChI=1S/4C30H18/c4*1-3-9-23(10-4-1)17-19-25-13-7-15-27-21-28-16-8-14-26(30(28)22-29(25)27)20-18-24-11-5-2-6-12-24/h4*1-16,21-22H. The quantitative estimate of drug-likeness (QED) is 0.105. The van der Waals surface area contributed by atoms with Gasteiger partial charge in [-0.25, -0.2) is 0 Å². The molecule has 0 aliphatic carbocycles. The number of hydrogen-bond donors (Lipinski definition) is 0. The Bertz CT molecular complexity index is 6360. The average Bonchev–Trinajstić information content (AvgIpc) is 0.793. The first-order valence-electron chi connectivity index (χ1n) is 39.9. The second-order valence-electron chi connectivity index (χ2n) is 28.6. The zero-order valence-corrected chi connectivity index (χ0v) is 65.6. The fourth-order valence-corrected chi connectivity index (χ4v) is 14.4. The first-order valence-corrected chi connectivity index (χ1v) is 39.9. The summed E-state index contributed by atoms with van der Waals surface area (Å²) >= 11 is 0. The molecular weight excluding hydrogens is 1440 g/mol. The lowest BCUT2D eigenvalue weighted by molar-refractivity contribution is 1.64. The Morgan fingerprint density at radius 1 is 0.0917 bits per heavy atom. The maximum Gasteiger partial charge on any atom is 0.0327 e. The lowest BCUT2D eigenvalue weighted by atomic mass is 9.97. The summed E-state index contributed by atoms with van der Waals surface area (Å²) in [5, 5.41) is 18.8. The van der Waals surface area contributed by atoms with E-state index in [9.17, 15) is 0 Å². The van der Waals surface area contributed by atoms with Gasteiger partial charge in [-0.15, -0.1) is 0 Å². The van der Waals surface area contributed by atoms with Crippen molar-refractivity contribution in [3.05, 3.63) is 526 Å². The molecule has 0 N–H and O–H groups in total. The van der Waals surface area contributed by atoms with E-state index in [1.54, 1.807) is 0 Å². The van der Waals surface area contributed by atoms with Gasteiger partial charge in [0.1, 0.15) is 0 Å². The Kier molecular flexibility index (Phi) is 23.5. The summed E-state index contributed by atoms with van der Waals surface area (Å²) in [7, 11) is 0. The number of rotatable bonds is 0. The van der Waals surface area contributed by atoms with Crippen LogP contribution in [-0.2, 0) is 0 Å². The van der Waals surface area contributed by atoms with Crippen LogP contribution < -0.4 is 0 Å². The highest BCUT2D eigenvalue weighted by atomic mass is 14.1. The SMILES string of the molecule is C(#Cc1cccc2cc3cccc(C#Cc4ccccc4)c3cc12)c1ccccc1.C(#Cc1cccc2cc3cccc(C#Cc4ccccc4)c3cc12)c1ccccc1.C(#Cc1cccc2cc3cccc(C#Cc4ccccc4)c3cc12)c1ccccc1.C(#Cc1cccc2cc3cccc(C#Cc4ccccc4)c3cc12)c1ccccc1. The summed E-state index contributed by atoms with van der Waals surface area (Å²) in [5.41, 5.74) is 16.4. The first kappa shape index (κ1) is 75.6. The van der Waals surface area contributed by atoms with Crippen LogP contribution in [0, 0.1) is 94.7 Å². The maximum absolute atomic E-state index is 3.36. The van der Waals surface area contributed by atoms with Crippen molar-refractivity contribution in [1.29, 1.82) is 0 Å². The Morgan fingerprint density at radius 3 is 0.325 bits per heavy atom. The predicted molar refractivity (Wildman–Crippen MR) is 505 cm³/mol. The van der Waals surface area contributed by atoms with Crippen molar-refractivity contribution in [3.63, 3.8) is 0 Å². The van der Waals surface area contributed by atoms with Crippen LogP contribution in [0.5, 0.6) is 0 Å². The third-order valence-corrected chi connectivity index (χ3v) is 20.4. The van der Waals surface area contributed by atoms with Crippen LogP contribution in [0.15, 0.2) is 437 Å². The lowest BCUT2D eigenvalue weighted by Gasteiger charge is -2.06. The van der Waals surface area contributed by atoms with Crippen molar-refractivity contribution >= 4 is 86.2 Å². The normalized spacial score (nSPS) is 10.1. The predicted octanol–water partition coefficient (Wildman–Crippen LogP) is 27.2. The lowest BCUT2D eigenvalue weighted by Crippen LogP contribution is -1.85. The van der Waals surface area contributed by atoms with Crippen LogP contribution in [0.3, 0.4) is 0 Å². The van der Waals surface area contributed by atoms with E-state index in [4.69, 9.17) is 0 Å². The van der Waals surface area contributed by atoms with Gasteiger partial charge in [0.05, 0.1) is 0 Å². The molecular formula is C120H72. The highest BCUT2D eigenvalue weighted by Crippen LogP contribution is 2.33. The molecule has 0 heteroatoms. The fraction of sp³-hybridized carbons (Fsp3) is 0. The largest absolute Gasteiger partial charge is 0.0622 e. The second-order valence-corrected chi connectivity index (χ2v) is 28.6. The van der Waals surface area contributed by atoms with Gasteiger partial charge in [0.2, 0.25) is 0 Å². The molecule has 0 fully saturated rings. The third-order valence-electron chi connectivity index (χ3n) is 20.4. The van der Waals surface area contributed by atoms with Crippen LogP contribution in [0.4, 0.5) is 0 Å². The summed E-state index contributed by atoms with van der Waals surface area (Å²) in [5.74, 6) is 53.2. The molecule has 20 rings (SSSR count). The van der Waals surface area contributed by atoms with E-state index >= 15 is 0 Å². The zero-order valence-electron chi connectivity index (χ0n) is 65.6. The van der Waals surface area contributed by atoms with E-state index in [0.29, 0.717) is 0 Å². The van der Waals surface area contributed by atoms with Gasteiger partial charge < -0.3 is 0 Å². The Hall–Kier alpha value is -17.0. The van der Waals surface area contributed by atoms with E-state index in [1.807, 2.05) is 243 Å². The maximum atomic E-state index is 3.36. The van der Waals surface area contributed by atoms with Crippen molar-refractivity contribution < 1.29 is 0 Å². The third kappa shape index (κ3) is 18.9. The van der Waals surface area contributed by atoms with Crippen LogP contribution in [0.1, 0.15) is 89.0 Å². The van der Waals surface area contributed by atoms with E-state index in [2.05, 4.69) is 289 Å². The number of fused-ring (bicyclic) bond motifs is 8. The molecule has 0 saturated heterocycles. The summed E-state index contributed by atoms with van der Waals surface area (Å²) in [6.07, 6.45) is 0. The van der Waals surface area contributed by atoms with Gasteiger partial charge >= 0.3 is 0 Å². The van der Waals surface area contributed by atoms with Crippen LogP contribution in [0.25, 0.3) is 86.2 Å². The summed E-state index contributed by atoms with van der Waals surface area (Å²) in [4.78, 5) is 0. The van der Waals surface area contributed by atoms with Gasteiger partial charge in [0, 0.05) is 89.0 Å². The van der Waals surface area contributed by atoms with Gasteiger partial charge in [0.15, 0.2) is 0 Å². The summed E-state index contributed by atoms with van der Waals surface area (Å²) in [6, 6.07) is 149. The highest BCUT2D eigenvalue weighted by molar-refractivity contribution is 6.07. The minimum atomic E-state index is 1.02. The van der Waals surface area contributed by atoms with E-state index in [0.717, 1.165) is 132 Å². The van der Waals surface area contributed by atoms with Gasteiger partial charge in [-0.05, 0) is 280 Å². The smallest absolute Gasteiger partial charge is 0.0327 e. The molecule has 0 nitrogen and oxygen atoms in total. The van der Waals surface area contributed by atoms with Crippen molar-refractivity contribution in [3.8, 4) is 94.7 Å². The van der Waals surface area contributed by atoms with E-state index in [-0.39, 0.29) is 0 Å². The first-order chi connectivity index (χ1) is 59.5. The molecule has 0 bridgehead atoms. The molecule has 0 saturated carbocycles. The van der Waals surface area contributed by atoms with Crippen LogP contribution in [0.2, 0.25) is 0 Å². The molecule has 0 amide bonds. The molecule has 0 unspecified atom stereocenters. The Labute approximate surface area is 701 Å². The molecule has 0 aromatic heterocycles. The van der Waals surface area contributed by atoms with E-state index < -0.39 is 0 Å². The number of hydrogen-bond acceptors (Lipinski definition) is 0. The fourth-order valence-electron chi connectivity index (χ4n) is 14.4. The monoisotopic (exact) mass is 1510 g/mol. The summed E-state index contributed by atoms with van der Waals surface area (Å²) in [6.45, 7) is 0. The van der Waals surface area contributed by atoms with Crippen molar-refractivity contribution in [1.82, 2.24) is 0 Å². The Morgan fingerprint density at radius 2 is 0.208 bits per heavy atom. The minimum Gasteiger partial charge on any atom is -0.0622 e. The molecule has 0 spiro atoms. The topological polar surface area (TPSA) is 0 Å². The highest BCUT2D eigenvalue weighted by Gasteiger charge is 2.11. The molecule has 20 aromatic rings.